The van der Waals surface area contributed by atoms with E-state index < -0.39 is 0 Å². The molecule has 5 heteroatoms. The topological polar surface area (TPSA) is 60.3 Å². The van der Waals surface area contributed by atoms with Gasteiger partial charge in [0, 0.05) is 17.5 Å². The maximum Gasteiger partial charge on any atom is 0.251 e. The highest BCUT2D eigenvalue weighted by Crippen LogP contribution is 2.26. The molecule has 128 valence electrons. The van der Waals surface area contributed by atoms with E-state index in [2.05, 4.69) is 5.32 Å². The Hall–Kier alpha value is -2.30. The van der Waals surface area contributed by atoms with Crippen LogP contribution >= 0.6 is 0 Å². The number of methoxy groups -OCH3 is 1. The van der Waals surface area contributed by atoms with Crippen molar-refractivity contribution in [3.63, 3.8) is 0 Å². The Morgan fingerprint density at radius 1 is 1.29 bits per heavy atom. The molecule has 0 unspecified atom stereocenters. The van der Waals surface area contributed by atoms with Gasteiger partial charge >= 0.3 is 0 Å². The first-order chi connectivity index (χ1) is 11.6. The van der Waals surface area contributed by atoms with E-state index in [4.69, 9.17) is 4.74 Å². The number of para-hydroxylation sites is 1. The summed E-state index contributed by atoms with van der Waals surface area (Å²) in [5.41, 5.74) is 1.39. The summed E-state index contributed by atoms with van der Waals surface area (Å²) in [5.74, 6) is 0.499. The first-order valence-corrected chi connectivity index (χ1v) is 8.56. The lowest BCUT2D eigenvalue weighted by Gasteiger charge is -2.23. The molecule has 1 aromatic carbocycles. The summed E-state index contributed by atoms with van der Waals surface area (Å²) in [6, 6.07) is 7.47. The SMILES string of the molecule is COc1cccc2c(C)cc(=O)n(CC(=O)NC3CCCCC3)c12. The van der Waals surface area contributed by atoms with Gasteiger partial charge in [0.05, 0.1) is 12.6 Å². The Morgan fingerprint density at radius 2 is 2.04 bits per heavy atom. The number of carbonyl (C=O) groups is 1. The van der Waals surface area contributed by atoms with Gasteiger partial charge in [0.25, 0.3) is 5.56 Å². The monoisotopic (exact) mass is 328 g/mol. The van der Waals surface area contributed by atoms with Crippen LogP contribution < -0.4 is 15.6 Å². The Kier molecular flexibility index (Phi) is 4.88. The molecular weight excluding hydrogens is 304 g/mol. The van der Waals surface area contributed by atoms with Gasteiger partial charge in [0.2, 0.25) is 5.91 Å². The summed E-state index contributed by atoms with van der Waals surface area (Å²) in [6.45, 7) is 1.92. The van der Waals surface area contributed by atoms with E-state index >= 15 is 0 Å². The molecular formula is C19H24N2O3. The number of nitrogens with one attached hydrogen (secondary N) is 1. The molecule has 1 heterocycles. The molecule has 1 N–H and O–H groups in total. The lowest BCUT2D eigenvalue weighted by molar-refractivity contribution is -0.122. The van der Waals surface area contributed by atoms with Gasteiger partial charge in [0.1, 0.15) is 12.3 Å². The number of fused-ring (bicyclic) bond motifs is 1. The largest absolute Gasteiger partial charge is 0.495 e. The first-order valence-electron chi connectivity index (χ1n) is 8.56. The van der Waals surface area contributed by atoms with Crippen molar-refractivity contribution < 1.29 is 9.53 Å². The molecule has 1 amide bonds. The number of hydrogen-bond donors (Lipinski definition) is 1. The van der Waals surface area contributed by atoms with Crippen molar-refractivity contribution in [3.05, 3.63) is 40.2 Å². The van der Waals surface area contributed by atoms with Crippen molar-refractivity contribution in [2.24, 2.45) is 0 Å². The van der Waals surface area contributed by atoms with Crippen molar-refractivity contribution in [2.75, 3.05) is 7.11 Å². The quantitative estimate of drug-likeness (QED) is 0.939. The lowest BCUT2D eigenvalue weighted by atomic mass is 9.95. The number of benzene rings is 1. The second-order valence-electron chi connectivity index (χ2n) is 6.51. The third kappa shape index (κ3) is 3.30. The van der Waals surface area contributed by atoms with Crippen LogP contribution in [0.15, 0.2) is 29.1 Å². The summed E-state index contributed by atoms with van der Waals surface area (Å²) in [7, 11) is 1.58. The minimum Gasteiger partial charge on any atom is -0.495 e. The lowest BCUT2D eigenvalue weighted by Crippen LogP contribution is -2.39. The highest BCUT2D eigenvalue weighted by Gasteiger charge is 2.18. The fourth-order valence-corrected chi connectivity index (χ4v) is 3.56. The highest BCUT2D eigenvalue weighted by molar-refractivity contribution is 5.89. The molecule has 1 aliphatic carbocycles. The summed E-state index contributed by atoms with van der Waals surface area (Å²) < 4.78 is 6.93. The van der Waals surface area contributed by atoms with Crippen LogP contribution in [0.3, 0.4) is 0 Å². The number of aromatic nitrogens is 1. The van der Waals surface area contributed by atoms with Gasteiger partial charge in [-0.05, 0) is 31.4 Å². The molecule has 2 aromatic rings. The van der Waals surface area contributed by atoms with Crippen LogP contribution in [-0.4, -0.2) is 23.6 Å². The second-order valence-corrected chi connectivity index (χ2v) is 6.51. The van der Waals surface area contributed by atoms with E-state index in [0.29, 0.717) is 11.3 Å². The second kappa shape index (κ2) is 7.07. The van der Waals surface area contributed by atoms with Crippen LogP contribution in [0.5, 0.6) is 5.75 Å². The molecule has 0 aliphatic heterocycles. The molecule has 0 atom stereocenters. The van der Waals surface area contributed by atoms with Crippen molar-refractivity contribution in [1.82, 2.24) is 9.88 Å². The van der Waals surface area contributed by atoms with E-state index in [-0.39, 0.29) is 24.1 Å². The highest BCUT2D eigenvalue weighted by atomic mass is 16.5. The summed E-state index contributed by atoms with van der Waals surface area (Å²) in [4.78, 5) is 24.9. The van der Waals surface area contributed by atoms with Crippen LogP contribution in [0, 0.1) is 6.92 Å². The molecule has 24 heavy (non-hydrogen) atoms. The Labute approximate surface area is 141 Å². The van der Waals surface area contributed by atoms with E-state index in [1.807, 2.05) is 25.1 Å². The molecule has 0 radical (unpaired) electrons. The number of rotatable bonds is 4. The standard InChI is InChI=1S/C19H24N2O3/c1-13-11-18(23)21(19-15(13)9-6-10-16(19)24-2)12-17(22)20-14-7-4-3-5-8-14/h6,9-11,14H,3-5,7-8,12H2,1-2H3,(H,20,22). The van der Waals surface area contributed by atoms with Gasteiger partial charge in [-0.15, -0.1) is 0 Å². The Morgan fingerprint density at radius 3 is 2.75 bits per heavy atom. The number of hydrogen-bond acceptors (Lipinski definition) is 3. The molecule has 1 aliphatic rings. The van der Waals surface area contributed by atoms with Gasteiger partial charge in [-0.3, -0.25) is 14.2 Å². The molecule has 1 fully saturated rings. The van der Waals surface area contributed by atoms with E-state index in [0.717, 1.165) is 36.6 Å². The number of nitrogens with zero attached hydrogens (tertiary/aromatic N) is 1. The third-order valence-electron chi connectivity index (χ3n) is 4.79. The summed E-state index contributed by atoms with van der Waals surface area (Å²) >= 11 is 0. The zero-order valence-corrected chi connectivity index (χ0v) is 14.3. The molecule has 0 spiro atoms. The minimum atomic E-state index is -0.178. The molecule has 0 saturated heterocycles. The van der Waals surface area contributed by atoms with Crippen LogP contribution in [0.1, 0.15) is 37.7 Å². The van der Waals surface area contributed by atoms with Gasteiger partial charge in [-0.25, -0.2) is 0 Å². The predicted octanol–water partition coefficient (Wildman–Crippen LogP) is 2.77. The van der Waals surface area contributed by atoms with Crippen molar-refractivity contribution >= 4 is 16.8 Å². The van der Waals surface area contributed by atoms with Crippen LogP contribution in [0.4, 0.5) is 0 Å². The van der Waals surface area contributed by atoms with Gasteiger partial charge < -0.3 is 10.1 Å². The number of ether oxygens (including phenoxy) is 1. The van der Waals surface area contributed by atoms with Gasteiger partial charge in [-0.2, -0.15) is 0 Å². The third-order valence-corrected chi connectivity index (χ3v) is 4.79. The van der Waals surface area contributed by atoms with Crippen molar-refractivity contribution in [3.8, 4) is 5.75 Å². The number of pyridine rings is 1. The fraction of sp³-hybridized carbons (Fsp3) is 0.474. The summed E-state index contributed by atoms with van der Waals surface area (Å²) in [6.07, 6.45) is 5.61. The van der Waals surface area contributed by atoms with E-state index in [1.165, 1.54) is 11.0 Å². The van der Waals surface area contributed by atoms with Gasteiger partial charge in [0.15, 0.2) is 0 Å². The van der Waals surface area contributed by atoms with Gasteiger partial charge in [-0.1, -0.05) is 31.4 Å². The Bertz CT molecular complexity index is 804. The molecule has 1 aromatic heterocycles. The van der Waals surface area contributed by atoms with Crippen molar-refractivity contribution in [1.29, 1.82) is 0 Å². The molecule has 1 saturated carbocycles. The van der Waals surface area contributed by atoms with Crippen LogP contribution in [0.25, 0.3) is 10.9 Å². The zero-order chi connectivity index (χ0) is 17.1. The average molecular weight is 328 g/mol. The number of aryl methyl sites for hydroxylation is 1. The Balaban J connectivity index is 1.93. The first kappa shape index (κ1) is 16.6. The summed E-state index contributed by atoms with van der Waals surface area (Å²) in [5, 5.41) is 4.00. The maximum absolute atomic E-state index is 12.5. The molecule has 3 rings (SSSR count). The fourth-order valence-electron chi connectivity index (χ4n) is 3.56. The smallest absolute Gasteiger partial charge is 0.251 e. The van der Waals surface area contributed by atoms with E-state index in [9.17, 15) is 9.59 Å². The number of carbonyl (C=O) groups excluding carboxylic acids is 1. The molecule has 5 nitrogen and oxygen atoms in total. The number of amides is 1. The normalized spacial score (nSPS) is 15.4. The van der Waals surface area contributed by atoms with Crippen molar-refractivity contribution in [2.45, 2.75) is 51.6 Å². The predicted molar refractivity (Wildman–Crippen MR) is 94.5 cm³/mol. The average Bonchev–Trinajstić information content (AvgIpc) is 2.59. The van der Waals surface area contributed by atoms with E-state index in [1.54, 1.807) is 13.2 Å². The van der Waals surface area contributed by atoms with Crippen LogP contribution in [0.2, 0.25) is 0 Å². The molecule has 0 bridgehead atoms. The maximum atomic E-state index is 12.5. The minimum absolute atomic E-state index is 0.0203. The zero-order valence-electron chi connectivity index (χ0n) is 14.3. The van der Waals surface area contributed by atoms with Crippen LogP contribution in [-0.2, 0) is 11.3 Å².